The van der Waals surface area contributed by atoms with Crippen LogP contribution in [0.15, 0.2) is 40.3 Å². The third-order valence-electron chi connectivity index (χ3n) is 4.70. The Morgan fingerprint density at radius 2 is 1.89 bits per heavy atom. The minimum absolute atomic E-state index is 0.165. The Morgan fingerprint density at radius 1 is 1.18 bits per heavy atom. The first-order chi connectivity index (χ1) is 13.7. The van der Waals surface area contributed by atoms with Crippen molar-refractivity contribution in [2.24, 2.45) is 13.0 Å². The lowest BCUT2D eigenvalue weighted by Crippen LogP contribution is -2.22. The van der Waals surface area contributed by atoms with Gasteiger partial charge in [0.1, 0.15) is 0 Å². The van der Waals surface area contributed by atoms with Gasteiger partial charge in [0.25, 0.3) is 5.56 Å². The van der Waals surface area contributed by atoms with Crippen molar-refractivity contribution in [3.8, 4) is 11.4 Å². The van der Waals surface area contributed by atoms with E-state index >= 15 is 0 Å². The summed E-state index contributed by atoms with van der Waals surface area (Å²) in [5.74, 6) is 1.01. The molecular weight excluding hydrogens is 380 g/mol. The summed E-state index contributed by atoms with van der Waals surface area (Å²) in [5.41, 5.74) is 1.86. The molecule has 0 bridgehead atoms. The Labute approximate surface area is 166 Å². The van der Waals surface area contributed by atoms with E-state index in [1.165, 1.54) is 16.4 Å². The number of ether oxygens (including phenoxy) is 2. The predicted octanol–water partition coefficient (Wildman–Crippen LogP) is 1.22. The Kier molecular flexibility index (Phi) is 5.60. The van der Waals surface area contributed by atoms with Gasteiger partial charge in [-0.3, -0.25) is 9.48 Å². The lowest BCUT2D eigenvalue weighted by atomic mass is 10.2. The van der Waals surface area contributed by atoms with Gasteiger partial charge in [-0.2, -0.15) is 4.68 Å². The van der Waals surface area contributed by atoms with Gasteiger partial charge in [-0.15, -0.1) is 5.10 Å². The molecule has 2 aromatic heterocycles. The van der Waals surface area contributed by atoms with Gasteiger partial charge in [-0.05, 0) is 29.5 Å². The van der Waals surface area contributed by atoms with Crippen LogP contribution in [-0.4, -0.2) is 61.8 Å². The van der Waals surface area contributed by atoms with Crippen LogP contribution >= 0.6 is 11.8 Å². The zero-order valence-corrected chi connectivity index (χ0v) is 16.6. The molecule has 0 radical (unpaired) electrons. The molecule has 1 saturated heterocycles. The van der Waals surface area contributed by atoms with Gasteiger partial charge in [0.2, 0.25) is 5.16 Å². The monoisotopic (exact) mass is 402 g/mol. The SMILES string of the molecule is Cc1c(-n2nnnc2SCC2COCCOC2)c(=O)n(-c2ccccc2)n1C. The number of nitrogens with zero attached hydrogens (tertiary/aromatic N) is 6. The maximum Gasteiger partial charge on any atom is 0.297 e. The van der Waals surface area contributed by atoms with Gasteiger partial charge in [-0.1, -0.05) is 30.0 Å². The van der Waals surface area contributed by atoms with E-state index in [1.807, 2.05) is 49.0 Å². The van der Waals surface area contributed by atoms with E-state index < -0.39 is 0 Å². The van der Waals surface area contributed by atoms with Crippen molar-refractivity contribution in [3.05, 3.63) is 46.4 Å². The molecule has 4 rings (SSSR count). The van der Waals surface area contributed by atoms with E-state index in [0.717, 1.165) is 17.1 Å². The number of rotatable bonds is 5. The molecule has 10 heteroatoms. The van der Waals surface area contributed by atoms with Crippen LogP contribution in [0, 0.1) is 12.8 Å². The van der Waals surface area contributed by atoms with Gasteiger partial charge in [0.15, 0.2) is 5.69 Å². The number of tetrazole rings is 1. The number of hydrogen-bond donors (Lipinski definition) is 0. The summed E-state index contributed by atoms with van der Waals surface area (Å²) >= 11 is 1.50. The summed E-state index contributed by atoms with van der Waals surface area (Å²) < 4.78 is 16.1. The molecule has 1 aliphatic rings. The maximum atomic E-state index is 13.2. The van der Waals surface area contributed by atoms with E-state index in [0.29, 0.717) is 37.3 Å². The number of aromatic nitrogens is 6. The van der Waals surface area contributed by atoms with Crippen molar-refractivity contribution in [2.75, 3.05) is 32.2 Å². The van der Waals surface area contributed by atoms with E-state index in [4.69, 9.17) is 9.47 Å². The van der Waals surface area contributed by atoms with Crippen molar-refractivity contribution in [3.63, 3.8) is 0 Å². The molecule has 148 valence electrons. The fraction of sp³-hybridized carbons (Fsp3) is 0.444. The van der Waals surface area contributed by atoms with Crippen LogP contribution in [0.1, 0.15) is 5.69 Å². The third kappa shape index (κ3) is 3.62. The smallest absolute Gasteiger partial charge is 0.297 e. The first kappa shape index (κ1) is 18.9. The lowest BCUT2D eigenvalue weighted by Gasteiger charge is -2.11. The maximum absolute atomic E-state index is 13.2. The molecule has 0 N–H and O–H groups in total. The van der Waals surface area contributed by atoms with Gasteiger partial charge in [0.05, 0.1) is 37.8 Å². The molecule has 0 amide bonds. The summed E-state index contributed by atoms with van der Waals surface area (Å²) in [6.07, 6.45) is 0. The van der Waals surface area contributed by atoms with Crippen LogP contribution in [-0.2, 0) is 16.5 Å². The van der Waals surface area contributed by atoms with Gasteiger partial charge in [0, 0.05) is 18.7 Å². The standard InChI is InChI=1S/C18H22N6O3S/c1-13-16(17(25)24(22(13)2)15-6-4-3-5-7-15)23-18(19-20-21-23)28-12-14-10-26-8-9-27-11-14/h3-7,14H,8-12H2,1-2H3. The summed E-state index contributed by atoms with van der Waals surface area (Å²) in [4.78, 5) is 13.2. The first-order valence-corrected chi connectivity index (χ1v) is 10.1. The molecule has 3 heterocycles. The zero-order valence-electron chi connectivity index (χ0n) is 15.8. The topological polar surface area (TPSA) is 89.0 Å². The molecule has 28 heavy (non-hydrogen) atoms. The van der Waals surface area contributed by atoms with Gasteiger partial charge >= 0.3 is 0 Å². The summed E-state index contributed by atoms with van der Waals surface area (Å²) in [6, 6.07) is 9.51. The lowest BCUT2D eigenvalue weighted by molar-refractivity contribution is 0.103. The molecular formula is C18H22N6O3S. The number of para-hydroxylation sites is 1. The first-order valence-electron chi connectivity index (χ1n) is 9.08. The van der Waals surface area contributed by atoms with Crippen molar-refractivity contribution in [2.45, 2.75) is 12.1 Å². The number of thioether (sulfide) groups is 1. The molecule has 1 aliphatic heterocycles. The van der Waals surface area contributed by atoms with Crippen molar-refractivity contribution in [1.82, 2.24) is 29.6 Å². The van der Waals surface area contributed by atoms with E-state index in [1.54, 1.807) is 4.68 Å². The minimum atomic E-state index is -0.165. The summed E-state index contributed by atoms with van der Waals surface area (Å²) in [6.45, 7) is 4.45. The van der Waals surface area contributed by atoms with Crippen molar-refractivity contribution >= 4 is 11.8 Å². The second kappa shape index (κ2) is 8.29. The molecule has 0 saturated carbocycles. The second-order valence-corrected chi connectivity index (χ2v) is 7.60. The van der Waals surface area contributed by atoms with Crippen LogP contribution in [0.3, 0.4) is 0 Å². The molecule has 0 unspecified atom stereocenters. The van der Waals surface area contributed by atoms with Crippen molar-refractivity contribution in [1.29, 1.82) is 0 Å². The van der Waals surface area contributed by atoms with Gasteiger partial charge in [-0.25, -0.2) is 4.68 Å². The van der Waals surface area contributed by atoms with Gasteiger partial charge < -0.3 is 9.47 Å². The van der Waals surface area contributed by atoms with Crippen LogP contribution in [0.25, 0.3) is 11.4 Å². The highest BCUT2D eigenvalue weighted by molar-refractivity contribution is 7.99. The molecule has 0 aliphatic carbocycles. The van der Waals surface area contributed by atoms with Crippen LogP contribution in [0.4, 0.5) is 0 Å². The molecule has 1 fully saturated rings. The molecule has 0 spiro atoms. The van der Waals surface area contributed by atoms with Crippen LogP contribution < -0.4 is 5.56 Å². The predicted molar refractivity (Wildman–Crippen MR) is 104 cm³/mol. The second-order valence-electron chi connectivity index (χ2n) is 6.61. The van der Waals surface area contributed by atoms with Crippen LogP contribution in [0.2, 0.25) is 0 Å². The highest BCUT2D eigenvalue weighted by atomic mass is 32.2. The average Bonchev–Trinajstić information content (AvgIpc) is 3.11. The fourth-order valence-electron chi connectivity index (χ4n) is 3.16. The number of benzene rings is 1. The average molecular weight is 402 g/mol. The largest absolute Gasteiger partial charge is 0.379 e. The molecule has 0 atom stereocenters. The quantitative estimate of drug-likeness (QED) is 0.593. The van der Waals surface area contributed by atoms with Crippen molar-refractivity contribution < 1.29 is 9.47 Å². The molecule has 3 aromatic rings. The third-order valence-corrected chi connectivity index (χ3v) is 5.85. The zero-order chi connectivity index (χ0) is 19.5. The van der Waals surface area contributed by atoms with Crippen LogP contribution in [0.5, 0.6) is 0 Å². The summed E-state index contributed by atoms with van der Waals surface area (Å²) in [7, 11) is 1.85. The fourth-order valence-corrected chi connectivity index (χ4v) is 4.08. The Bertz CT molecular complexity index is 989. The molecule has 9 nitrogen and oxygen atoms in total. The van der Waals surface area contributed by atoms with E-state index in [9.17, 15) is 4.79 Å². The Morgan fingerprint density at radius 3 is 2.61 bits per heavy atom. The Balaban J connectivity index is 1.64. The van der Waals surface area contributed by atoms with E-state index in [2.05, 4.69) is 15.5 Å². The normalized spacial score (nSPS) is 15.6. The Hall–Kier alpha value is -2.43. The minimum Gasteiger partial charge on any atom is -0.379 e. The summed E-state index contributed by atoms with van der Waals surface area (Å²) in [5, 5.41) is 12.6. The highest BCUT2D eigenvalue weighted by Gasteiger charge is 2.23. The van der Waals surface area contributed by atoms with E-state index in [-0.39, 0.29) is 11.5 Å². The highest BCUT2D eigenvalue weighted by Crippen LogP contribution is 2.22. The molecule has 1 aromatic carbocycles. The number of hydrogen-bond acceptors (Lipinski definition) is 7.